The third kappa shape index (κ3) is 4.11. The molecule has 126 valence electrons. The number of ketones is 1. The largest absolute Gasteiger partial charge is 0.497 e. The molecular formula is C18H18O6. The smallest absolute Gasteiger partial charge is 0.335 e. The standard InChI is InChI=1S/C18H18O6/c1-3-23-11-24-16-9-8-14(22-2)10-15(16)17(19)12-4-6-13(7-5-12)18(20)21/h4-10H,3,11H2,1-2H3,(H,20,21). The maximum atomic E-state index is 12.7. The van der Waals surface area contributed by atoms with Crippen LogP contribution in [0.2, 0.25) is 0 Å². The number of carboxylic acids is 1. The highest BCUT2D eigenvalue weighted by Crippen LogP contribution is 2.27. The van der Waals surface area contributed by atoms with E-state index in [-0.39, 0.29) is 18.1 Å². The van der Waals surface area contributed by atoms with Gasteiger partial charge in [0.15, 0.2) is 12.6 Å². The molecule has 0 spiro atoms. The monoisotopic (exact) mass is 330 g/mol. The second-order valence-corrected chi connectivity index (χ2v) is 4.83. The summed E-state index contributed by atoms with van der Waals surface area (Å²) in [7, 11) is 1.51. The van der Waals surface area contributed by atoms with Gasteiger partial charge in [0.05, 0.1) is 18.2 Å². The molecule has 2 rings (SSSR count). The number of carbonyl (C=O) groups is 2. The quantitative estimate of drug-likeness (QED) is 0.455. The lowest BCUT2D eigenvalue weighted by molar-refractivity contribution is 0.0219. The van der Waals surface area contributed by atoms with Crippen molar-refractivity contribution in [2.45, 2.75) is 6.92 Å². The van der Waals surface area contributed by atoms with Gasteiger partial charge in [0, 0.05) is 12.2 Å². The van der Waals surface area contributed by atoms with Gasteiger partial charge < -0.3 is 19.3 Å². The summed E-state index contributed by atoms with van der Waals surface area (Å²) in [5.74, 6) is -0.450. The van der Waals surface area contributed by atoms with Crippen LogP contribution >= 0.6 is 0 Å². The van der Waals surface area contributed by atoms with Gasteiger partial charge in [-0.3, -0.25) is 4.79 Å². The summed E-state index contributed by atoms with van der Waals surface area (Å²) >= 11 is 0. The van der Waals surface area contributed by atoms with Gasteiger partial charge in [-0.05, 0) is 37.3 Å². The summed E-state index contributed by atoms with van der Waals surface area (Å²) < 4.78 is 15.8. The second kappa shape index (κ2) is 8.12. The molecule has 0 aliphatic rings. The van der Waals surface area contributed by atoms with Gasteiger partial charge in [-0.15, -0.1) is 0 Å². The van der Waals surface area contributed by atoms with Gasteiger partial charge in [0.2, 0.25) is 0 Å². The fourth-order valence-electron chi connectivity index (χ4n) is 2.05. The maximum Gasteiger partial charge on any atom is 0.335 e. The minimum absolute atomic E-state index is 0.0288. The number of ether oxygens (including phenoxy) is 3. The van der Waals surface area contributed by atoms with E-state index in [1.54, 1.807) is 18.2 Å². The van der Waals surface area contributed by atoms with Crippen LogP contribution in [0.3, 0.4) is 0 Å². The summed E-state index contributed by atoms with van der Waals surface area (Å²) in [5, 5.41) is 8.93. The minimum atomic E-state index is -1.05. The van der Waals surface area contributed by atoms with Crippen molar-refractivity contribution >= 4 is 11.8 Å². The molecule has 0 fully saturated rings. The van der Waals surface area contributed by atoms with Crippen LogP contribution in [-0.4, -0.2) is 37.4 Å². The molecule has 6 heteroatoms. The van der Waals surface area contributed by atoms with Crippen LogP contribution in [0.25, 0.3) is 0 Å². The molecule has 0 aliphatic heterocycles. The average molecular weight is 330 g/mol. The number of methoxy groups -OCH3 is 1. The van der Waals surface area contributed by atoms with Crippen molar-refractivity contribution in [1.82, 2.24) is 0 Å². The van der Waals surface area contributed by atoms with E-state index in [4.69, 9.17) is 19.3 Å². The van der Waals surface area contributed by atoms with Crippen LogP contribution in [-0.2, 0) is 4.74 Å². The van der Waals surface area contributed by atoms with Crippen molar-refractivity contribution in [3.05, 3.63) is 59.2 Å². The molecule has 0 amide bonds. The topological polar surface area (TPSA) is 82.1 Å². The van der Waals surface area contributed by atoms with E-state index in [1.165, 1.54) is 31.4 Å². The summed E-state index contributed by atoms with van der Waals surface area (Å²) in [6.07, 6.45) is 0. The van der Waals surface area contributed by atoms with Gasteiger partial charge >= 0.3 is 5.97 Å². The van der Waals surface area contributed by atoms with E-state index in [9.17, 15) is 9.59 Å². The van der Waals surface area contributed by atoms with E-state index in [0.29, 0.717) is 29.2 Å². The maximum absolute atomic E-state index is 12.7. The van der Waals surface area contributed by atoms with Crippen LogP contribution in [0, 0.1) is 0 Å². The molecule has 0 saturated heterocycles. The summed E-state index contributed by atoms with van der Waals surface area (Å²) in [6.45, 7) is 2.37. The van der Waals surface area contributed by atoms with Crippen LogP contribution in [0.4, 0.5) is 0 Å². The Bertz CT molecular complexity index is 721. The fraction of sp³-hybridized carbons (Fsp3) is 0.222. The Balaban J connectivity index is 2.33. The fourth-order valence-corrected chi connectivity index (χ4v) is 2.05. The Labute approximate surface area is 139 Å². The normalized spacial score (nSPS) is 10.2. The second-order valence-electron chi connectivity index (χ2n) is 4.83. The molecule has 0 aromatic heterocycles. The summed E-state index contributed by atoms with van der Waals surface area (Å²) in [5.41, 5.74) is 0.789. The van der Waals surface area contributed by atoms with Crippen molar-refractivity contribution in [3.63, 3.8) is 0 Å². The number of rotatable bonds is 8. The number of carbonyl (C=O) groups excluding carboxylic acids is 1. The summed E-state index contributed by atoms with van der Waals surface area (Å²) in [4.78, 5) is 23.6. The van der Waals surface area contributed by atoms with Crippen molar-refractivity contribution in [1.29, 1.82) is 0 Å². The van der Waals surface area contributed by atoms with Gasteiger partial charge in [-0.2, -0.15) is 0 Å². The number of hydrogen-bond donors (Lipinski definition) is 1. The number of carboxylic acid groups (broad SMARTS) is 1. The van der Waals surface area contributed by atoms with E-state index in [0.717, 1.165) is 0 Å². The Hall–Kier alpha value is -2.86. The van der Waals surface area contributed by atoms with E-state index >= 15 is 0 Å². The van der Waals surface area contributed by atoms with E-state index < -0.39 is 5.97 Å². The molecule has 0 aliphatic carbocycles. The Morgan fingerprint density at radius 2 is 1.71 bits per heavy atom. The lowest BCUT2D eigenvalue weighted by atomic mass is 10.0. The first-order valence-corrected chi connectivity index (χ1v) is 7.33. The average Bonchev–Trinajstić information content (AvgIpc) is 2.61. The van der Waals surface area contributed by atoms with Crippen molar-refractivity contribution in [3.8, 4) is 11.5 Å². The van der Waals surface area contributed by atoms with Crippen LogP contribution in [0.15, 0.2) is 42.5 Å². The molecule has 0 heterocycles. The number of aromatic carboxylic acids is 1. The van der Waals surface area contributed by atoms with Gasteiger partial charge in [-0.1, -0.05) is 12.1 Å². The highest BCUT2D eigenvalue weighted by Gasteiger charge is 2.17. The van der Waals surface area contributed by atoms with Crippen molar-refractivity contribution in [2.75, 3.05) is 20.5 Å². The SMILES string of the molecule is CCOCOc1ccc(OC)cc1C(=O)c1ccc(C(=O)O)cc1. The molecule has 0 bridgehead atoms. The zero-order valence-electron chi connectivity index (χ0n) is 13.4. The van der Waals surface area contributed by atoms with Gasteiger partial charge in [0.1, 0.15) is 11.5 Å². The third-order valence-electron chi connectivity index (χ3n) is 3.33. The lowest BCUT2D eigenvalue weighted by Gasteiger charge is -2.12. The molecule has 6 nitrogen and oxygen atoms in total. The summed E-state index contributed by atoms with van der Waals surface area (Å²) in [6, 6.07) is 10.6. The van der Waals surface area contributed by atoms with Crippen LogP contribution in [0.1, 0.15) is 33.2 Å². The first-order chi connectivity index (χ1) is 11.6. The minimum Gasteiger partial charge on any atom is -0.497 e. The Kier molecular flexibility index (Phi) is 5.92. The lowest BCUT2D eigenvalue weighted by Crippen LogP contribution is -2.09. The number of benzene rings is 2. The zero-order valence-corrected chi connectivity index (χ0v) is 13.4. The highest BCUT2D eigenvalue weighted by molar-refractivity contribution is 6.11. The van der Waals surface area contributed by atoms with Gasteiger partial charge in [0.25, 0.3) is 0 Å². The van der Waals surface area contributed by atoms with Crippen molar-refractivity contribution in [2.24, 2.45) is 0 Å². The molecule has 0 unspecified atom stereocenters. The highest BCUT2D eigenvalue weighted by atomic mass is 16.7. The third-order valence-corrected chi connectivity index (χ3v) is 3.33. The molecule has 2 aromatic carbocycles. The first-order valence-electron chi connectivity index (χ1n) is 7.33. The zero-order chi connectivity index (χ0) is 17.5. The molecule has 1 N–H and O–H groups in total. The predicted octanol–water partition coefficient (Wildman–Crippen LogP) is 3.00. The Morgan fingerprint density at radius 3 is 2.29 bits per heavy atom. The molecular weight excluding hydrogens is 312 g/mol. The number of hydrogen-bond acceptors (Lipinski definition) is 5. The van der Waals surface area contributed by atoms with Crippen LogP contribution in [0.5, 0.6) is 11.5 Å². The van der Waals surface area contributed by atoms with Crippen molar-refractivity contribution < 1.29 is 28.9 Å². The first kappa shape index (κ1) is 17.5. The molecule has 0 atom stereocenters. The molecule has 0 saturated carbocycles. The molecule has 2 aromatic rings. The van der Waals surface area contributed by atoms with E-state index in [1.807, 2.05) is 6.92 Å². The molecule has 0 radical (unpaired) electrons. The van der Waals surface area contributed by atoms with Gasteiger partial charge in [-0.25, -0.2) is 4.79 Å². The Morgan fingerprint density at radius 1 is 1.04 bits per heavy atom. The van der Waals surface area contributed by atoms with E-state index in [2.05, 4.69) is 0 Å². The predicted molar refractivity (Wildman–Crippen MR) is 86.9 cm³/mol. The van der Waals surface area contributed by atoms with Crippen LogP contribution < -0.4 is 9.47 Å². The molecule has 24 heavy (non-hydrogen) atoms.